The SMILES string of the molecule is CN(C(=O)N1C[C@H](O)C[C@H]1C(=O)O)C(C)(C)CO. The summed E-state index contributed by atoms with van der Waals surface area (Å²) in [5.74, 6) is -1.13. The third-order valence-corrected chi connectivity index (χ3v) is 3.39. The molecule has 1 aliphatic rings. The first-order valence-electron chi connectivity index (χ1n) is 5.77. The molecule has 1 rings (SSSR count). The van der Waals surface area contributed by atoms with E-state index < -0.39 is 29.7 Å². The van der Waals surface area contributed by atoms with Crippen LogP contribution in [0.3, 0.4) is 0 Å². The molecule has 0 spiro atoms. The Morgan fingerprint density at radius 3 is 2.44 bits per heavy atom. The fourth-order valence-corrected chi connectivity index (χ4v) is 1.82. The number of aliphatic carboxylic acids is 1. The fraction of sp³-hybridized carbons (Fsp3) is 0.818. The number of urea groups is 1. The number of carboxylic acids is 1. The lowest BCUT2D eigenvalue weighted by molar-refractivity contribution is -0.141. The van der Waals surface area contributed by atoms with Gasteiger partial charge in [0.2, 0.25) is 0 Å². The number of rotatable bonds is 3. The Morgan fingerprint density at radius 2 is 2.00 bits per heavy atom. The first-order chi connectivity index (χ1) is 8.20. The molecule has 0 aromatic heterocycles. The maximum atomic E-state index is 12.2. The largest absolute Gasteiger partial charge is 0.480 e. The molecule has 3 N–H and O–H groups in total. The van der Waals surface area contributed by atoms with E-state index in [4.69, 9.17) is 5.11 Å². The van der Waals surface area contributed by atoms with Crippen LogP contribution in [0.25, 0.3) is 0 Å². The van der Waals surface area contributed by atoms with E-state index in [1.807, 2.05) is 0 Å². The van der Waals surface area contributed by atoms with Gasteiger partial charge in [0.1, 0.15) is 6.04 Å². The number of aliphatic hydroxyl groups is 2. The third-order valence-electron chi connectivity index (χ3n) is 3.39. The van der Waals surface area contributed by atoms with Gasteiger partial charge in [-0.1, -0.05) is 0 Å². The zero-order valence-corrected chi connectivity index (χ0v) is 10.8. The molecule has 1 saturated heterocycles. The van der Waals surface area contributed by atoms with Gasteiger partial charge in [-0.3, -0.25) is 0 Å². The van der Waals surface area contributed by atoms with Gasteiger partial charge in [0.25, 0.3) is 0 Å². The summed E-state index contributed by atoms with van der Waals surface area (Å²) in [7, 11) is 1.50. The van der Waals surface area contributed by atoms with E-state index in [0.717, 1.165) is 4.90 Å². The van der Waals surface area contributed by atoms with Gasteiger partial charge in [0, 0.05) is 20.0 Å². The first kappa shape index (κ1) is 14.7. The minimum atomic E-state index is -1.13. The van der Waals surface area contributed by atoms with E-state index in [-0.39, 0.29) is 19.6 Å². The highest BCUT2D eigenvalue weighted by molar-refractivity contribution is 5.83. The molecule has 0 aromatic carbocycles. The number of β-amino-alcohol motifs (C(OH)–C–C–N with tert-alkyl or cyclic N) is 1. The Hall–Kier alpha value is -1.34. The second-order valence-electron chi connectivity index (χ2n) is 5.21. The van der Waals surface area contributed by atoms with Crippen LogP contribution in [0.5, 0.6) is 0 Å². The summed E-state index contributed by atoms with van der Waals surface area (Å²) in [4.78, 5) is 25.6. The molecule has 0 bridgehead atoms. The molecule has 1 aliphatic heterocycles. The second kappa shape index (κ2) is 5.11. The minimum absolute atomic E-state index is 0.00164. The maximum Gasteiger partial charge on any atom is 0.326 e. The number of amides is 2. The van der Waals surface area contributed by atoms with Crippen molar-refractivity contribution in [3.63, 3.8) is 0 Å². The number of likely N-dealkylation sites (tertiary alicyclic amines) is 1. The number of likely N-dealkylation sites (N-methyl/N-ethyl adjacent to an activating group) is 1. The van der Waals surface area contributed by atoms with Gasteiger partial charge >= 0.3 is 12.0 Å². The molecule has 104 valence electrons. The maximum absolute atomic E-state index is 12.2. The van der Waals surface area contributed by atoms with Crippen molar-refractivity contribution in [3.8, 4) is 0 Å². The van der Waals surface area contributed by atoms with Gasteiger partial charge in [-0.25, -0.2) is 9.59 Å². The Kier molecular flexibility index (Phi) is 4.18. The number of hydrogen-bond donors (Lipinski definition) is 3. The predicted octanol–water partition coefficient (Wildman–Crippen LogP) is -0.671. The monoisotopic (exact) mass is 260 g/mol. The molecule has 0 radical (unpaired) electrons. The lowest BCUT2D eigenvalue weighted by Crippen LogP contribution is -2.55. The van der Waals surface area contributed by atoms with Gasteiger partial charge in [-0.05, 0) is 13.8 Å². The molecule has 0 unspecified atom stereocenters. The zero-order chi connectivity index (χ0) is 14.1. The Morgan fingerprint density at radius 1 is 1.44 bits per heavy atom. The van der Waals surface area contributed by atoms with Gasteiger partial charge in [-0.15, -0.1) is 0 Å². The number of hydrogen-bond acceptors (Lipinski definition) is 4. The summed E-state index contributed by atoms with van der Waals surface area (Å²) in [5, 5.41) is 27.7. The molecule has 0 aliphatic carbocycles. The smallest absolute Gasteiger partial charge is 0.326 e. The van der Waals surface area contributed by atoms with E-state index >= 15 is 0 Å². The molecule has 7 nitrogen and oxygen atoms in total. The normalized spacial score (nSPS) is 24.2. The van der Waals surface area contributed by atoms with Crippen molar-refractivity contribution < 1.29 is 24.9 Å². The standard InChI is InChI=1S/C11H20N2O5/c1-11(2,6-14)12(3)10(18)13-5-7(15)4-8(13)9(16)17/h7-8,14-15H,4-6H2,1-3H3,(H,16,17)/t7-,8+/m1/s1. The van der Waals surface area contributed by atoms with Crippen LogP contribution < -0.4 is 0 Å². The number of aliphatic hydroxyl groups excluding tert-OH is 2. The summed E-state index contributed by atoms with van der Waals surface area (Å²) in [6.45, 7) is 3.12. The van der Waals surface area contributed by atoms with Gasteiger partial charge < -0.3 is 25.1 Å². The lowest BCUT2D eigenvalue weighted by atomic mass is 10.1. The van der Waals surface area contributed by atoms with E-state index in [1.165, 1.54) is 11.9 Å². The highest BCUT2D eigenvalue weighted by Gasteiger charge is 2.42. The molecule has 0 aromatic rings. The molecule has 2 amide bonds. The van der Waals surface area contributed by atoms with Crippen LogP contribution in [0.2, 0.25) is 0 Å². The van der Waals surface area contributed by atoms with Crippen molar-refractivity contribution in [2.45, 2.75) is 38.0 Å². The fourth-order valence-electron chi connectivity index (χ4n) is 1.82. The van der Waals surface area contributed by atoms with Crippen molar-refractivity contribution >= 4 is 12.0 Å². The average molecular weight is 260 g/mol. The van der Waals surface area contributed by atoms with E-state index in [1.54, 1.807) is 13.8 Å². The summed E-state index contributed by atoms with van der Waals surface area (Å²) < 4.78 is 0. The first-order valence-corrected chi connectivity index (χ1v) is 5.77. The second-order valence-corrected chi connectivity index (χ2v) is 5.21. The quantitative estimate of drug-likeness (QED) is 0.624. The van der Waals surface area contributed by atoms with E-state index in [0.29, 0.717) is 0 Å². The number of carbonyl (C=O) groups is 2. The van der Waals surface area contributed by atoms with Crippen LogP contribution in [0, 0.1) is 0 Å². The van der Waals surface area contributed by atoms with Crippen LogP contribution in [-0.4, -0.2) is 75.0 Å². The minimum Gasteiger partial charge on any atom is -0.480 e. The Labute approximate surface area is 106 Å². The van der Waals surface area contributed by atoms with Crippen LogP contribution >= 0.6 is 0 Å². The molecule has 7 heteroatoms. The predicted molar refractivity (Wildman–Crippen MR) is 63.1 cm³/mol. The van der Waals surface area contributed by atoms with Crippen LogP contribution in [0.15, 0.2) is 0 Å². The van der Waals surface area contributed by atoms with Crippen molar-refractivity contribution in [1.82, 2.24) is 9.80 Å². The molecule has 0 saturated carbocycles. The molecular formula is C11H20N2O5. The van der Waals surface area contributed by atoms with Crippen LogP contribution in [0.4, 0.5) is 4.79 Å². The van der Waals surface area contributed by atoms with Gasteiger partial charge in [0.05, 0.1) is 18.2 Å². The lowest BCUT2D eigenvalue weighted by Gasteiger charge is -2.37. The summed E-state index contributed by atoms with van der Waals surface area (Å²) >= 11 is 0. The molecule has 1 heterocycles. The third kappa shape index (κ3) is 2.73. The van der Waals surface area contributed by atoms with Crippen molar-refractivity contribution in [3.05, 3.63) is 0 Å². The summed E-state index contributed by atoms with van der Waals surface area (Å²) in [5.41, 5.74) is -0.784. The average Bonchev–Trinajstić information content (AvgIpc) is 2.69. The summed E-state index contributed by atoms with van der Waals surface area (Å²) in [6, 6.07) is -1.51. The van der Waals surface area contributed by atoms with Crippen molar-refractivity contribution in [2.24, 2.45) is 0 Å². The molecule has 2 atom stereocenters. The van der Waals surface area contributed by atoms with Crippen LogP contribution in [0.1, 0.15) is 20.3 Å². The van der Waals surface area contributed by atoms with E-state index in [2.05, 4.69) is 0 Å². The highest BCUT2D eigenvalue weighted by Crippen LogP contribution is 2.22. The zero-order valence-electron chi connectivity index (χ0n) is 10.8. The molecule has 1 fully saturated rings. The highest BCUT2D eigenvalue weighted by atomic mass is 16.4. The Balaban J connectivity index is 2.86. The van der Waals surface area contributed by atoms with Crippen molar-refractivity contribution in [1.29, 1.82) is 0 Å². The number of carbonyl (C=O) groups excluding carboxylic acids is 1. The van der Waals surface area contributed by atoms with E-state index in [9.17, 15) is 19.8 Å². The van der Waals surface area contributed by atoms with Crippen LogP contribution in [-0.2, 0) is 4.79 Å². The van der Waals surface area contributed by atoms with Gasteiger partial charge in [0.15, 0.2) is 0 Å². The molecular weight excluding hydrogens is 240 g/mol. The number of nitrogens with zero attached hydrogens (tertiary/aromatic N) is 2. The molecule has 18 heavy (non-hydrogen) atoms. The Bertz CT molecular complexity index is 344. The van der Waals surface area contributed by atoms with Gasteiger partial charge in [-0.2, -0.15) is 0 Å². The topological polar surface area (TPSA) is 101 Å². The van der Waals surface area contributed by atoms with Crippen molar-refractivity contribution in [2.75, 3.05) is 20.2 Å². The summed E-state index contributed by atoms with van der Waals surface area (Å²) in [6.07, 6.45) is -0.783. The number of carboxylic acid groups (broad SMARTS) is 1.